The highest BCUT2D eigenvalue weighted by Crippen LogP contribution is 2.32. The van der Waals surface area contributed by atoms with Crippen LogP contribution in [0.25, 0.3) is 10.2 Å². The Morgan fingerprint density at radius 1 is 1.15 bits per heavy atom. The van der Waals surface area contributed by atoms with Crippen LogP contribution in [0.2, 0.25) is 0 Å². The smallest absolute Gasteiger partial charge is 0.231 e. The van der Waals surface area contributed by atoms with Crippen LogP contribution in [0, 0.1) is 0 Å². The van der Waals surface area contributed by atoms with E-state index in [4.69, 9.17) is 9.47 Å². The minimum Gasteiger partial charge on any atom is -0.454 e. The molecule has 0 radical (unpaired) electrons. The fourth-order valence-electron chi connectivity index (χ4n) is 2.17. The quantitative estimate of drug-likeness (QED) is 0.801. The first-order valence-corrected chi connectivity index (χ1v) is 7.09. The summed E-state index contributed by atoms with van der Waals surface area (Å²) in [6.07, 6.45) is 1.58. The number of thiophene rings is 1. The second kappa shape index (κ2) is 4.64. The van der Waals surface area contributed by atoms with Crippen LogP contribution in [0.5, 0.6) is 11.5 Å². The Hall–Kier alpha value is -2.34. The average molecular weight is 285 g/mol. The number of ether oxygens (including phenoxy) is 2. The lowest BCUT2D eigenvalue weighted by Gasteiger charge is -2.07. The molecule has 0 saturated carbocycles. The van der Waals surface area contributed by atoms with Crippen molar-refractivity contribution in [2.75, 3.05) is 12.1 Å². The van der Waals surface area contributed by atoms with E-state index < -0.39 is 0 Å². The first-order chi connectivity index (χ1) is 9.90. The molecule has 1 aromatic carbocycles. The van der Waals surface area contributed by atoms with Crippen molar-refractivity contribution in [3.8, 4) is 11.5 Å². The maximum absolute atomic E-state index is 5.38. The molecule has 0 saturated heterocycles. The van der Waals surface area contributed by atoms with Crippen LogP contribution in [0.4, 0.5) is 5.82 Å². The van der Waals surface area contributed by atoms with Gasteiger partial charge in [0.25, 0.3) is 0 Å². The molecule has 0 unspecified atom stereocenters. The van der Waals surface area contributed by atoms with Gasteiger partial charge in [0.15, 0.2) is 11.5 Å². The number of fused-ring (bicyclic) bond motifs is 2. The molecule has 20 heavy (non-hydrogen) atoms. The minimum absolute atomic E-state index is 0.299. The van der Waals surface area contributed by atoms with Crippen LogP contribution >= 0.6 is 11.3 Å². The van der Waals surface area contributed by atoms with Crippen molar-refractivity contribution < 1.29 is 9.47 Å². The van der Waals surface area contributed by atoms with Crippen molar-refractivity contribution in [3.05, 3.63) is 41.5 Å². The zero-order valence-electron chi connectivity index (χ0n) is 10.5. The predicted octanol–water partition coefficient (Wildman–Crippen LogP) is 3.03. The number of anilines is 1. The van der Waals surface area contributed by atoms with Crippen LogP contribution in [-0.2, 0) is 6.54 Å². The molecule has 4 rings (SSSR count). The summed E-state index contributed by atoms with van der Waals surface area (Å²) in [5.41, 5.74) is 1.12. The Morgan fingerprint density at radius 2 is 2.10 bits per heavy atom. The van der Waals surface area contributed by atoms with Gasteiger partial charge >= 0.3 is 0 Å². The normalized spacial score (nSPS) is 12.8. The number of aromatic nitrogens is 2. The third-order valence-corrected chi connectivity index (χ3v) is 3.98. The first kappa shape index (κ1) is 11.5. The molecule has 0 aliphatic carbocycles. The molecule has 3 heterocycles. The summed E-state index contributed by atoms with van der Waals surface area (Å²) in [7, 11) is 0. The lowest BCUT2D eigenvalue weighted by Crippen LogP contribution is -2.01. The van der Waals surface area contributed by atoms with E-state index in [1.165, 1.54) is 0 Å². The molecule has 1 aliphatic rings. The Labute approximate surface area is 119 Å². The van der Waals surface area contributed by atoms with Gasteiger partial charge in [-0.25, -0.2) is 9.97 Å². The maximum Gasteiger partial charge on any atom is 0.231 e. The molecule has 1 N–H and O–H groups in total. The van der Waals surface area contributed by atoms with E-state index in [0.717, 1.165) is 33.1 Å². The second-order valence-corrected chi connectivity index (χ2v) is 5.30. The summed E-state index contributed by atoms with van der Waals surface area (Å²) in [6, 6.07) is 7.97. The van der Waals surface area contributed by atoms with E-state index in [1.807, 2.05) is 29.6 Å². The summed E-state index contributed by atoms with van der Waals surface area (Å²) in [6.45, 7) is 0.978. The van der Waals surface area contributed by atoms with Gasteiger partial charge in [-0.15, -0.1) is 11.3 Å². The third-order valence-electron chi connectivity index (χ3n) is 3.16. The van der Waals surface area contributed by atoms with Crippen molar-refractivity contribution in [3.63, 3.8) is 0 Å². The van der Waals surface area contributed by atoms with Gasteiger partial charge in [0.2, 0.25) is 6.79 Å². The Bertz CT molecular complexity index is 772. The number of nitrogens with one attached hydrogen (secondary N) is 1. The van der Waals surface area contributed by atoms with Gasteiger partial charge in [-0.05, 0) is 29.1 Å². The van der Waals surface area contributed by atoms with Crippen molar-refractivity contribution in [1.29, 1.82) is 0 Å². The van der Waals surface area contributed by atoms with E-state index >= 15 is 0 Å². The molecule has 0 amide bonds. The molecule has 100 valence electrons. The monoisotopic (exact) mass is 285 g/mol. The lowest BCUT2D eigenvalue weighted by molar-refractivity contribution is 0.174. The molecule has 6 heteroatoms. The van der Waals surface area contributed by atoms with E-state index in [2.05, 4.69) is 15.3 Å². The molecule has 0 spiro atoms. The first-order valence-electron chi connectivity index (χ1n) is 6.21. The molecular formula is C14H11N3O2S. The fraction of sp³-hybridized carbons (Fsp3) is 0.143. The predicted molar refractivity (Wildman–Crippen MR) is 77.3 cm³/mol. The van der Waals surface area contributed by atoms with Crippen molar-refractivity contribution in [2.45, 2.75) is 6.54 Å². The van der Waals surface area contributed by atoms with Crippen LogP contribution in [-0.4, -0.2) is 16.8 Å². The largest absolute Gasteiger partial charge is 0.454 e. The number of hydrogen-bond donors (Lipinski definition) is 1. The van der Waals surface area contributed by atoms with Gasteiger partial charge in [0.1, 0.15) is 17.0 Å². The van der Waals surface area contributed by atoms with Gasteiger partial charge in [-0.3, -0.25) is 0 Å². The SMILES string of the molecule is c1nc(NCc2ccc3c(c2)OCO3)c2ccsc2n1. The third kappa shape index (κ3) is 1.94. The van der Waals surface area contributed by atoms with Gasteiger partial charge in [-0.1, -0.05) is 6.07 Å². The molecule has 5 nitrogen and oxygen atoms in total. The molecule has 0 fully saturated rings. The molecule has 3 aromatic rings. The highest BCUT2D eigenvalue weighted by molar-refractivity contribution is 7.16. The molecule has 0 atom stereocenters. The zero-order chi connectivity index (χ0) is 13.4. The summed E-state index contributed by atoms with van der Waals surface area (Å²) >= 11 is 1.61. The lowest BCUT2D eigenvalue weighted by atomic mass is 10.2. The number of benzene rings is 1. The second-order valence-electron chi connectivity index (χ2n) is 4.40. The molecular weight excluding hydrogens is 274 g/mol. The summed E-state index contributed by atoms with van der Waals surface area (Å²) in [5, 5.41) is 6.41. The standard InChI is InChI=1S/C14H11N3O2S/c1-2-11-12(19-8-18-11)5-9(1)6-15-13-10-3-4-20-14(10)17-7-16-13/h1-5,7H,6,8H2,(H,15,16,17). The van der Waals surface area contributed by atoms with E-state index in [1.54, 1.807) is 17.7 Å². The van der Waals surface area contributed by atoms with E-state index in [-0.39, 0.29) is 0 Å². The summed E-state index contributed by atoms with van der Waals surface area (Å²) in [5.74, 6) is 2.46. The van der Waals surface area contributed by atoms with Gasteiger partial charge in [-0.2, -0.15) is 0 Å². The highest BCUT2D eigenvalue weighted by atomic mass is 32.1. The topological polar surface area (TPSA) is 56.3 Å². The Balaban J connectivity index is 1.57. The molecule has 2 aromatic heterocycles. The maximum atomic E-state index is 5.38. The van der Waals surface area contributed by atoms with Crippen LogP contribution < -0.4 is 14.8 Å². The van der Waals surface area contributed by atoms with Gasteiger partial charge < -0.3 is 14.8 Å². The highest BCUT2D eigenvalue weighted by Gasteiger charge is 2.13. The number of hydrogen-bond acceptors (Lipinski definition) is 6. The average Bonchev–Trinajstić information content (AvgIpc) is 3.13. The van der Waals surface area contributed by atoms with Crippen LogP contribution in [0.1, 0.15) is 5.56 Å². The number of rotatable bonds is 3. The minimum atomic E-state index is 0.299. The van der Waals surface area contributed by atoms with Crippen molar-refractivity contribution in [1.82, 2.24) is 9.97 Å². The molecule has 1 aliphatic heterocycles. The van der Waals surface area contributed by atoms with Gasteiger partial charge in [0, 0.05) is 6.54 Å². The Kier molecular flexibility index (Phi) is 2.67. The summed E-state index contributed by atoms with van der Waals surface area (Å²) < 4.78 is 10.7. The van der Waals surface area contributed by atoms with Crippen molar-refractivity contribution in [2.24, 2.45) is 0 Å². The zero-order valence-corrected chi connectivity index (χ0v) is 11.3. The van der Waals surface area contributed by atoms with Crippen LogP contribution in [0.3, 0.4) is 0 Å². The summed E-state index contributed by atoms with van der Waals surface area (Å²) in [4.78, 5) is 9.52. The Morgan fingerprint density at radius 3 is 3.10 bits per heavy atom. The van der Waals surface area contributed by atoms with Crippen LogP contribution in [0.15, 0.2) is 36.0 Å². The van der Waals surface area contributed by atoms with E-state index in [0.29, 0.717) is 13.3 Å². The number of nitrogens with zero attached hydrogens (tertiary/aromatic N) is 2. The van der Waals surface area contributed by atoms with Crippen molar-refractivity contribution >= 4 is 27.4 Å². The molecule has 0 bridgehead atoms. The fourth-order valence-corrected chi connectivity index (χ4v) is 2.90. The van der Waals surface area contributed by atoms with E-state index in [9.17, 15) is 0 Å². The van der Waals surface area contributed by atoms with Gasteiger partial charge in [0.05, 0.1) is 5.39 Å².